The molecule has 6 heteroatoms. The standard InChI is InChI=1S/C12H23N3O3/c1-8(2)6-10(13)11(16)15-5-4-9(7-15)14-12(17)18-3/h8-10H,4-7,13H2,1-3H3,(H,14,17). The molecule has 1 fully saturated rings. The van der Waals surface area contributed by atoms with E-state index in [1.807, 2.05) is 13.8 Å². The predicted molar refractivity (Wildman–Crippen MR) is 68.0 cm³/mol. The second kappa shape index (κ2) is 6.58. The molecule has 0 aromatic rings. The summed E-state index contributed by atoms with van der Waals surface area (Å²) in [6, 6.07) is -0.477. The number of methoxy groups -OCH3 is 1. The molecule has 1 aliphatic heterocycles. The molecule has 3 N–H and O–H groups in total. The third-order valence-corrected chi connectivity index (χ3v) is 3.05. The Bertz CT molecular complexity index is 307. The second-order valence-electron chi connectivity index (χ2n) is 5.14. The maximum Gasteiger partial charge on any atom is 0.407 e. The molecule has 6 nitrogen and oxygen atoms in total. The van der Waals surface area contributed by atoms with Gasteiger partial charge in [0.1, 0.15) is 0 Å². The van der Waals surface area contributed by atoms with Crippen LogP contribution in [0.5, 0.6) is 0 Å². The van der Waals surface area contributed by atoms with Crippen molar-refractivity contribution in [3.8, 4) is 0 Å². The molecule has 1 aliphatic rings. The van der Waals surface area contributed by atoms with Crippen molar-refractivity contribution in [3.05, 3.63) is 0 Å². The van der Waals surface area contributed by atoms with Gasteiger partial charge in [0.15, 0.2) is 0 Å². The Morgan fingerprint density at radius 3 is 2.72 bits per heavy atom. The van der Waals surface area contributed by atoms with Crippen LogP contribution in [0.1, 0.15) is 26.7 Å². The molecule has 18 heavy (non-hydrogen) atoms. The Morgan fingerprint density at radius 1 is 1.50 bits per heavy atom. The average Bonchev–Trinajstić information content (AvgIpc) is 2.75. The fraction of sp³-hybridized carbons (Fsp3) is 0.833. The molecular weight excluding hydrogens is 234 g/mol. The Hall–Kier alpha value is -1.30. The van der Waals surface area contributed by atoms with Crippen molar-refractivity contribution in [2.45, 2.75) is 38.8 Å². The van der Waals surface area contributed by atoms with Crippen molar-refractivity contribution < 1.29 is 14.3 Å². The number of carbonyl (C=O) groups excluding carboxylic acids is 2. The number of nitrogens with zero attached hydrogens (tertiary/aromatic N) is 1. The van der Waals surface area contributed by atoms with Crippen LogP contribution >= 0.6 is 0 Å². The fourth-order valence-corrected chi connectivity index (χ4v) is 2.15. The van der Waals surface area contributed by atoms with Gasteiger partial charge < -0.3 is 20.7 Å². The normalized spacial score (nSPS) is 20.9. The highest BCUT2D eigenvalue weighted by atomic mass is 16.5. The molecule has 2 amide bonds. The molecule has 0 saturated carbocycles. The van der Waals surface area contributed by atoms with Gasteiger partial charge in [0.2, 0.25) is 5.91 Å². The molecule has 2 atom stereocenters. The molecule has 0 aromatic heterocycles. The zero-order valence-electron chi connectivity index (χ0n) is 11.3. The summed E-state index contributed by atoms with van der Waals surface area (Å²) in [5.74, 6) is 0.369. The van der Waals surface area contributed by atoms with E-state index in [0.29, 0.717) is 25.4 Å². The minimum atomic E-state index is -0.458. The summed E-state index contributed by atoms with van der Waals surface area (Å²) in [7, 11) is 1.33. The van der Waals surface area contributed by atoms with E-state index < -0.39 is 12.1 Å². The lowest BCUT2D eigenvalue weighted by Gasteiger charge is -2.22. The van der Waals surface area contributed by atoms with E-state index in [9.17, 15) is 9.59 Å². The van der Waals surface area contributed by atoms with Gasteiger partial charge in [-0.25, -0.2) is 4.79 Å². The Kier molecular flexibility index (Phi) is 5.40. The summed E-state index contributed by atoms with van der Waals surface area (Å²) in [6.45, 7) is 5.23. The maximum atomic E-state index is 12.0. The average molecular weight is 257 g/mol. The molecule has 0 aromatic carbocycles. The number of alkyl carbamates (subject to hydrolysis) is 1. The van der Waals surface area contributed by atoms with Crippen LogP contribution in [0.15, 0.2) is 0 Å². The molecule has 1 saturated heterocycles. The van der Waals surface area contributed by atoms with E-state index in [2.05, 4.69) is 10.1 Å². The molecule has 1 heterocycles. The Balaban J connectivity index is 2.41. The molecule has 0 bridgehead atoms. The van der Waals surface area contributed by atoms with Crippen molar-refractivity contribution in [2.75, 3.05) is 20.2 Å². The van der Waals surface area contributed by atoms with Crippen LogP contribution in [0.3, 0.4) is 0 Å². The molecule has 104 valence electrons. The fourth-order valence-electron chi connectivity index (χ4n) is 2.15. The summed E-state index contributed by atoms with van der Waals surface area (Å²) < 4.78 is 4.53. The first-order valence-corrected chi connectivity index (χ1v) is 6.33. The topological polar surface area (TPSA) is 84.7 Å². The number of ether oxygens (including phenoxy) is 1. The molecular formula is C12H23N3O3. The van der Waals surface area contributed by atoms with Crippen LogP contribution in [0, 0.1) is 5.92 Å². The van der Waals surface area contributed by atoms with Gasteiger partial charge >= 0.3 is 6.09 Å². The van der Waals surface area contributed by atoms with Gasteiger partial charge in [-0.15, -0.1) is 0 Å². The van der Waals surface area contributed by atoms with Gasteiger partial charge in [-0.2, -0.15) is 0 Å². The van der Waals surface area contributed by atoms with Crippen LogP contribution in [0.25, 0.3) is 0 Å². The van der Waals surface area contributed by atoms with Gasteiger partial charge in [0, 0.05) is 13.1 Å². The van der Waals surface area contributed by atoms with Gasteiger partial charge in [0.05, 0.1) is 19.2 Å². The lowest BCUT2D eigenvalue weighted by Crippen LogP contribution is -2.45. The van der Waals surface area contributed by atoms with Crippen LogP contribution in [-0.2, 0) is 9.53 Å². The number of hydrogen-bond acceptors (Lipinski definition) is 4. The predicted octanol–water partition coefficient (Wildman–Crippen LogP) is 0.317. The van der Waals surface area contributed by atoms with Gasteiger partial charge in [-0.1, -0.05) is 13.8 Å². The number of hydrogen-bond donors (Lipinski definition) is 2. The van der Waals surface area contributed by atoms with Crippen molar-refractivity contribution in [3.63, 3.8) is 0 Å². The second-order valence-corrected chi connectivity index (χ2v) is 5.14. The monoisotopic (exact) mass is 257 g/mol. The van der Waals surface area contributed by atoms with Crippen LogP contribution in [0.4, 0.5) is 4.79 Å². The van der Waals surface area contributed by atoms with E-state index in [1.165, 1.54) is 7.11 Å². The zero-order valence-corrected chi connectivity index (χ0v) is 11.3. The maximum absolute atomic E-state index is 12.0. The number of nitrogens with one attached hydrogen (secondary N) is 1. The van der Waals surface area contributed by atoms with Gasteiger partial charge in [-0.3, -0.25) is 4.79 Å². The molecule has 2 unspecified atom stereocenters. The first kappa shape index (κ1) is 14.8. The van der Waals surface area contributed by atoms with Gasteiger partial charge in [-0.05, 0) is 18.8 Å². The summed E-state index contributed by atoms with van der Waals surface area (Å²) in [5, 5.41) is 2.70. The van der Waals surface area contributed by atoms with Crippen molar-refractivity contribution in [2.24, 2.45) is 11.7 Å². The highest BCUT2D eigenvalue weighted by molar-refractivity contribution is 5.82. The Morgan fingerprint density at radius 2 is 2.17 bits per heavy atom. The van der Waals surface area contributed by atoms with Crippen molar-refractivity contribution >= 4 is 12.0 Å². The smallest absolute Gasteiger partial charge is 0.407 e. The highest BCUT2D eigenvalue weighted by Crippen LogP contribution is 2.13. The lowest BCUT2D eigenvalue weighted by molar-refractivity contribution is -0.131. The lowest BCUT2D eigenvalue weighted by atomic mass is 10.0. The molecule has 0 radical (unpaired) electrons. The summed E-state index contributed by atoms with van der Waals surface area (Å²) in [6.07, 6.45) is 0.973. The van der Waals surface area contributed by atoms with Crippen molar-refractivity contribution in [1.29, 1.82) is 0 Å². The largest absolute Gasteiger partial charge is 0.453 e. The number of rotatable bonds is 4. The van der Waals surface area contributed by atoms with E-state index in [1.54, 1.807) is 4.90 Å². The SMILES string of the molecule is COC(=O)NC1CCN(C(=O)C(N)CC(C)C)C1. The molecule has 0 aliphatic carbocycles. The summed E-state index contributed by atoms with van der Waals surface area (Å²) >= 11 is 0. The zero-order chi connectivity index (χ0) is 13.7. The van der Waals surface area contributed by atoms with Crippen LogP contribution < -0.4 is 11.1 Å². The third kappa shape index (κ3) is 4.18. The Labute approximate surface area is 108 Å². The van der Waals surface area contributed by atoms with Crippen molar-refractivity contribution in [1.82, 2.24) is 10.2 Å². The molecule has 0 spiro atoms. The van der Waals surface area contributed by atoms with E-state index in [-0.39, 0.29) is 11.9 Å². The van der Waals surface area contributed by atoms with Crippen LogP contribution in [0.2, 0.25) is 0 Å². The third-order valence-electron chi connectivity index (χ3n) is 3.05. The minimum Gasteiger partial charge on any atom is -0.453 e. The van der Waals surface area contributed by atoms with E-state index in [4.69, 9.17) is 5.73 Å². The number of carbonyl (C=O) groups is 2. The quantitative estimate of drug-likeness (QED) is 0.759. The minimum absolute atomic E-state index is 0.0298. The molecule has 1 rings (SSSR count). The van der Waals surface area contributed by atoms with Gasteiger partial charge in [0.25, 0.3) is 0 Å². The summed E-state index contributed by atoms with van der Waals surface area (Å²) in [5.41, 5.74) is 5.87. The highest BCUT2D eigenvalue weighted by Gasteiger charge is 2.30. The van der Waals surface area contributed by atoms with Crippen LogP contribution in [-0.4, -0.2) is 49.2 Å². The number of likely N-dealkylation sites (tertiary alicyclic amines) is 1. The summed E-state index contributed by atoms with van der Waals surface area (Å²) in [4.78, 5) is 24.8. The number of amides is 2. The first-order chi connectivity index (χ1) is 8.43. The van der Waals surface area contributed by atoms with E-state index >= 15 is 0 Å². The van der Waals surface area contributed by atoms with E-state index in [0.717, 1.165) is 6.42 Å². The first-order valence-electron chi connectivity index (χ1n) is 6.33. The number of nitrogens with two attached hydrogens (primary N) is 1.